The van der Waals surface area contributed by atoms with Gasteiger partial charge in [-0.25, -0.2) is 0 Å². The van der Waals surface area contributed by atoms with Crippen LogP contribution < -0.4 is 5.73 Å². The van der Waals surface area contributed by atoms with Crippen molar-refractivity contribution in [1.29, 1.82) is 0 Å². The number of carboxylic acids is 1. The Morgan fingerprint density at radius 2 is 1.94 bits per heavy atom. The number of hydrogen-bond donors (Lipinski definition) is 2. The maximum Gasteiger partial charge on any atom is 0.320 e. The summed E-state index contributed by atoms with van der Waals surface area (Å²) in [5.74, 6) is -0.892. The topological polar surface area (TPSA) is 69.8 Å². The van der Waals surface area contributed by atoms with Gasteiger partial charge in [-0.3, -0.25) is 9.69 Å². The fourth-order valence-electron chi connectivity index (χ4n) is 2.24. The zero-order valence-electron chi connectivity index (χ0n) is 9.64. The molecule has 0 aromatic carbocycles. The maximum absolute atomic E-state index is 10.6. The molecule has 16 heavy (non-hydrogen) atoms. The van der Waals surface area contributed by atoms with E-state index in [0.717, 1.165) is 38.8 Å². The highest BCUT2D eigenvalue weighted by Gasteiger charge is 2.31. The predicted molar refractivity (Wildman–Crippen MR) is 61.3 cm³/mol. The fraction of sp³-hybridized carbons (Fsp3) is 0.909. The predicted octanol–water partition coefficient (Wildman–Crippen LogP) is -0.432. The quantitative estimate of drug-likeness (QED) is 0.667. The largest absolute Gasteiger partial charge is 0.480 e. The third-order valence-electron chi connectivity index (χ3n) is 3.54. The van der Waals surface area contributed by atoms with Crippen LogP contribution in [0.3, 0.4) is 0 Å². The highest BCUT2D eigenvalue weighted by Crippen LogP contribution is 2.27. The molecule has 1 saturated heterocycles. The van der Waals surface area contributed by atoms with Gasteiger partial charge in [0.05, 0.1) is 0 Å². The van der Waals surface area contributed by atoms with E-state index < -0.39 is 12.0 Å². The first-order valence-corrected chi connectivity index (χ1v) is 6.11. The summed E-state index contributed by atoms with van der Waals surface area (Å²) in [5.41, 5.74) is 5.48. The molecule has 2 fully saturated rings. The van der Waals surface area contributed by atoms with Gasteiger partial charge in [-0.2, -0.15) is 0 Å². The van der Waals surface area contributed by atoms with Gasteiger partial charge in [0, 0.05) is 38.8 Å². The molecular formula is C11H21N3O2. The molecule has 1 saturated carbocycles. The van der Waals surface area contributed by atoms with Crippen molar-refractivity contribution in [3.8, 4) is 0 Å². The number of hydrogen-bond acceptors (Lipinski definition) is 4. The summed E-state index contributed by atoms with van der Waals surface area (Å²) in [5, 5.41) is 8.68. The van der Waals surface area contributed by atoms with Crippen molar-refractivity contribution in [1.82, 2.24) is 9.80 Å². The van der Waals surface area contributed by atoms with Crippen LogP contribution in [0.1, 0.15) is 19.3 Å². The highest BCUT2D eigenvalue weighted by molar-refractivity contribution is 5.72. The number of carboxylic acid groups (broad SMARTS) is 1. The van der Waals surface area contributed by atoms with Crippen LogP contribution >= 0.6 is 0 Å². The van der Waals surface area contributed by atoms with Crippen molar-refractivity contribution in [3.05, 3.63) is 0 Å². The van der Waals surface area contributed by atoms with Crippen molar-refractivity contribution in [2.45, 2.75) is 31.3 Å². The van der Waals surface area contributed by atoms with E-state index in [0.29, 0.717) is 6.42 Å². The van der Waals surface area contributed by atoms with Crippen molar-refractivity contribution >= 4 is 5.97 Å². The number of piperazine rings is 1. The Morgan fingerprint density at radius 1 is 1.31 bits per heavy atom. The Morgan fingerprint density at radius 3 is 2.44 bits per heavy atom. The molecule has 0 spiro atoms. The molecule has 5 heteroatoms. The molecule has 92 valence electrons. The van der Waals surface area contributed by atoms with Crippen LogP contribution in [-0.2, 0) is 4.79 Å². The third-order valence-corrected chi connectivity index (χ3v) is 3.54. The van der Waals surface area contributed by atoms with Crippen molar-refractivity contribution in [2.24, 2.45) is 5.73 Å². The monoisotopic (exact) mass is 227 g/mol. The van der Waals surface area contributed by atoms with Gasteiger partial charge < -0.3 is 15.7 Å². The van der Waals surface area contributed by atoms with E-state index in [-0.39, 0.29) is 0 Å². The van der Waals surface area contributed by atoms with Crippen LogP contribution in [0.4, 0.5) is 0 Å². The lowest BCUT2D eigenvalue weighted by atomic mass is 10.2. The average molecular weight is 227 g/mol. The Bertz CT molecular complexity index is 248. The SMILES string of the molecule is NC(CCN1CCN(C2CC2)CC1)C(=O)O. The van der Waals surface area contributed by atoms with Crippen LogP contribution in [0, 0.1) is 0 Å². The van der Waals surface area contributed by atoms with Crippen LogP contribution in [0.25, 0.3) is 0 Å². The molecular weight excluding hydrogens is 206 g/mol. The van der Waals surface area contributed by atoms with Gasteiger partial charge in [0.1, 0.15) is 6.04 Å². The summed E-state index contributed by atoms with van der Waals surface area (Å²) in [4.78, 5) is 15.4. The van der Waals surface area contributed by atoms with Crippen molar-refractivity contribution in [3.63, 3.8) is 0 Å². The zero-order chi connectivity index (χ0) is 11.5. The number of nitrogens with zero attached hydrogens (tertiary/aromatic N) is 2. The Labute approximate surface area is 96.2 Å². The first-order chi connectivity index (χ1) is 7.66. The first-order valence-electron chi connectivity index (χ1n) is 6.11. The molecule has 0 radical (unpaired) electrons. The summed E-state index contributed by atoms with van der Waals surface area (Å²) >= 11 is 0. The van der Waals surface area contributed by atoms with Gasteiger partial charge in [-0.1, -0.05) is 0 Å². The minimum Gasteiger partial charge on any atom is -0.480 e. The first kappa shape index (κ1) is 11.8. The summed E-state index contributed by atoms with van der Waals surface area (Å²) in [6.45, 7) is 5.19. The zero-order valence-corrected chi connectivity index (χ0v) is 9.64. The number of rotatable bonds is 5. The van der Waals surface area contributed by atoms with Crippen LogP contribution in [0.15, 0.2) is 0 Å². The molecule has 0 aromatic heterocycles. The highest BCUT2D eigenvalue weighted by atomic mass is 16.4. The molecule has 2 rings (SSSR count). The van der Waals surface area contributed by atoms with Crippen LogP contribution in [0.2, 0.25) is 0 Å². The van der Waals surface area contributed by atoms with Crippen LogP contribution in [-0.4, -0.2) is 65.7 Å². The third kappa shape index (κ3) is 3.17. The molecule has 2 aliphatic rings. The molecule has 0 bridgehead atoms. The summed E-state index contributed by atoms with van der Waals surface area (Å²) in [6.07, 6.45) is 3.28. The lowest BCUT2D eigenvalue weighted by molar-refractivity contribution is -0.138. The lowest BCUT2D eigenvalue weighted by Gasteiger charge is -2.35. The van der Waals surface area contributed by atoms with Gasteiger partial charge in [-0.05, 0) is 19.3 Å². The summed E-state index contributed by atoms with van der Waals surface area (Å²) in [6, 6.07) is 0.143. The Hall–Kier alpha value is -0.650. The minimum absolute atomic E-state index is 0.554. The molecule has 1 atom stereocenters. The number of aliphatic carboxylic acids is 1. The van der Waals surface area contributed by atoms with E-state index >= 15 is 0 Å². The molecule has 0 amide bonds. The van der Waals surface area contributed by atoms with Gasteiger partial charge in [0.2, 0.25) is 0 Å². The second-order valence-electron chi connectivity index (χ2n) is 4.84. The molecule has 0 aromatic rings. The molecule has 5 nitrogen and oxygen atoms in total. The van der Waals surface area contributed by atoms with E-state index in [2.05, 4.69) is 9.80 Å². The molecule has 1 aliphatic heterocycles. The van der Waals surface area contributed by atoms with Gasteiger partial charge in [0.25, 0.3) is 0 Å². The Balaban J connectivity index is 1.63. The maximum atomic E-state index is 10.6. The number of nitrogens with two attached hydrogens (primary N) is 1. The van der Waals surface area contributed by atoms with E-state index in [9.17, 15) is 4.79 Å². The lowest BCUT2D eigenvalue weighted by Crippen LogP contribution is -2.48. The molecule has 1 unspecified atom stereocenters. The molecule has 1 aliphatic carbocycles. The van der Waals surface area contributed by atoms with Crippen LogP contribution in [0.5, 0.6) is 0 Å². The second-order valence-corrected chi connectivity index (χ2v) is 4.84. The summed E-state index contributed by atoms with van der Waals surface area (Å²) in [7, 11) is 0. The van der Waals surface area contributed by atoms with Crippen molar-refractivity contribution < 1.29 is 9.90 Å². The number of carbonyl (C=O) groups is 1. The van der Waals surface area contributed by atoms with Gasteiger partial charge in [0.15, 0.2) is 0 Å². The van der Waals surface area contributed by atoms with Gasteiger partial charge in [-0.15, -0.1) is 0 Å². The van der Waals surface area contributed by atoms with E-state index in [4.69, 9.17) is 10.8 Å². The fourth-order valence-corrected chi connectivity index (χ4v) is 2.24. The average Bonchev–Trinajstić information content (AvgIpc) is 3.10. The van der Waals surface area contributed by atoms with Crippen molar-refractivity contribution in [2.75, 3.05) is 32.7 Å². The molecule has 3 N–H and O–H groups in total. The Kier molecular flexibility index (Phi) is 3.78. The van der Waals surface area contributed by atoms with E-state index in [1.165, 1.54) is 12.8 Å². The minimum atomic E-state index is -0.892. The van der Waals surface area contributed by atoms with Gasteiger partial charge >= 0.3 is 5.97 Å². The molecule has 1 heterocycles. The second kappa shape index (κ2) is 5.12. The standard InChI is InChI=1S/C11H21N3O2/c12-10(11(15)16)3-4-13-5-7-14(8-6-13)9-1-2-9/h9-10H,1-8,12H2,(H,15,16). The summed E-state index contributed by atoms with van der Waals surface area (Å²) < 4.78 is 0. The van der Waals surface area contributed by atoms with E-state index in [1.54, 1.807) is 0 Å². The van der Waals surface area contributed by atoms with E-state index in [1.807, 2.05) is 0 Å². The smallest absolute Gasteiger partial charge is 0.320 e. The normalized spacial score (nSPS) is 25.6.